The predicted molar refractivity (Wildman–Crippen MR) is 71.3 cm³/mol. The molecule has 0 atom stereocenters. The van der Waals surface area contributed by atoms with Crippen LogP contribution in [0.2, 0.25) is 5.02 Å². The number of likely N-dealkylation sites (N-methyl/N-ethyl adjacent to an activating group) is 1. The Morgan fingerprint density at radius 1 is 1.37 bits per heavy atom. The molecule has 0 aliphatic carbocycles. The number of halogens is 1. The van der Waals surface area contributed by atoms with Gasteiger partial charge in [-0.05, 0) is 14.1 Å². The Hall–Kier alpha value is -1.79. The number of carbonyl (C=O) groups is 1. The van der Waals surface area contributed by atoms with E-state index in [0.29, 0.717) is 17.3 Å². The highest BCUT2D eigenvalue weighted by atomic mass is 35.5. The summed E-state index contributed by atoms with van der Waals surface area (Å²) < 4.78 is 1.60. The van der Waals surface area contributed by atoms with Crippen molar-refractivity contribution in [2.24, 2.45) is 0 Å². The maximum Gasteiger partial charge on any atom is 0.232 e. The fourth-order valence-electron chi connectivity index (χ4n) is 1.59. The molecular weight excluding hydrogens is 266 g/mol. The zero-order chi connectivity index (χ0) is 13.8. The van der Waals surface area contributed by atoms with E-state index in [1.807, 2.05) is 19.0 Å². The summed E-state index contributed by atoms with van der Waals surface area (Å²) in [6.07, 6.45) is 5.88. The molecule has 0 fully saturated rings. The van der Waals surface area contributed by atoms with E-state index in [1.54, 1.807) is 4.68 Å². The van der Waals surface area contributed by atoms with Gasteiger partial charge in [-0.25, -0.2) is 4.98 Å². The third-order valence-corrected chi connectivity index (χ3v) is 2.84. The van der Waals surface area contributed by atoms with Gasteiger partial charge in [0.15, 0.2) is 0 Å². The van der Waals surface area contributed by atoms with Gasteiger partial charge in [-0.2, -0.15) is 5.10 Å². The average molecular weight is 280 g/mol. The fraction of sp³-hybridized carbons (Fsp3) is 0.333. The summed E-state index contributed by atoms with van der Waals surface area (Å²) in [4.78, 5) is 22.2. The highest BCUT2D eigenvalue weighted by molar-refractivity contribution is 6.34. The quantitative estimate of drug-likeness (QED) is 0.768. The van der Waals surface area contributed by atoms with Crippen molar-refractivity contribution in [1.29, 1.82) is 0 Å². The first-order valence-electron chi connectivity index (χ1n) is 5.76. The van der Waals surface area contributed by atoms with Gasteiger partial charge < -0.3 is 4.90 Å². The van der Waals surface area contributed by atoms with Crippen LogP contribution in [0.3, 0.4) is 0 Å². The second kappa shape index (κ2) is 5.90. The minimum atomic E-state index is -0.269. The van der Waals surface area contributed by atoms with Gasteiger partial charge in [0.25, 0.3) is 0 Å². The Morgan fingerprint density at radius 3 is 2.79 bits per heavy atom. The van der Waals surface area contributed by atoms with E-state index < -0.39 is 0 Å². The van der Waals surface area contributed by atoms with Crippen LogP contribution in [0.15, 0.2) is 24.8 Å². The van der Waals surface area contributed by atoms with E-state index >= 15 is 0 Å². The van der Waals surface area contributed by atoms with Gasteiger partial charge in [-0.3, -0.25) is 14.5 Å². The Balaban J connectivity index is 2.29. The van der Waals surface area contributed by atoms with Crippen LogP contribution >= 0.6 is 11.6 Å². The molecule has 2 rings (SSSR count). The van der Waals surface area contributed by atoms with Crippen molar-refractivity contribution in [3.05, 3.63) is 41.2 Å². The van der Waals surface area contributed by atoms with Crippen LogP contribution in [0.25, 0.3) is 0 Å². The number of nitrogens with zero attached hydrogens (tertiary/aromatic N) is 5. The molecule has 6 nitrogen and oxygen atoms in total. The van der Waals surface area contributed by atoms with Gasteiger partial charge in [-0.1, -0.05) is 11.6 Å². The largest absolute Gasteiger partial charge is 0.308 e. The summed E-state index contributed by atoms with van der Waals surface area (Å²) in [5.74, 6) is -0.269. The number of aromatic nitrogens is 4. The summed E-state index contributed by atoms with van der Waals surface area (Å²) >= 11 is 6.04. The average Bonchev–Trinajstić information content (AvgIpc) is 2.78. The molecule has 0 saturated heterocycles. The molecule has 0 radical (unpaired) electrons. The van der Waals surface area contributed by atoms with E-state index in [2.05, 4.69) is 15.1 Å². The summed E-state index contributed by atoms with van der Waals surface area (Å²) in [5.41, 5.74) is 0.611. The first-order valence-corrected chi connectivity index (χ1v) is 6.14. The zero-order valence-corrected chi connectivity index (χ0v) is 11.5. The molecule has 0 bridgehead atoms. The van der Waals surface area contributed by atoms with Gasteiger partial charge in [0.1, 0.15) is 11.4 Å². The number of ketones is 1. The topological polar surface area (TPSA) is 63.9 Å². The van der Waals surface area contributed by atoms with Crippen molar-refractivity contribution in [3.8, 4) is 0 Å². The lowest BCUT2D eigenvalue weighted by Crippen LogP contribution is -2.22. The lowest BCUT2D eigenvalue weighted by molar-refractivity contribution is 0.102. The maximum absolute atomic E-state index is 12.3. The van der Waals surface area contributed by atoms with Crippen LogP contribution in [0.4, 0.5) is 0 Å². The van der Waals surface area contributed by atoms with E-state index in [4.69, 9.17) is 11.6 Å². The summed E-state index contributed by atoms with van der Waals surface area (Å²) in [7, 11) is 3.91. The van der Waals surface area contributed by atoms with Crippen molar-refractivity contribution in [3.63, 3.8) is 0 Å². The molecule has 0 aliphatic heterocycles. The molecule has 2 aromatic rings. The van der Waals surface area contributed by atoms with Crippen molar-refractivity contribution in [1.82, 2.24) is 24.6 Å². The summed E-state index contributed by atoms with van der Waals surface area (Å²) in [5, 5.41) is 4.45. The molecule has 7 heteroatoms. The molecule has 0 unspecified atom stereocenters. The Bertz CT molecular complexity index is 567. The van der Waals surface area contributed by atoms with E-state index in [-0.39, 0.29) is 11.5 Å². The third kappa shape index (κ3) is 3.15. The third-order valence-electron chi connectivity index (χ3n) is 2.56. The summed E-state index contributed by atoms with van der Waals surface area (Å²) in [6, 6.07) is 0. The Morgan fingerprint density at radius 2 is 2.16 bits per heavy atom. The molecule has 0 amide bonds. The van der Waals surface area contributed by atoms with Gasteiger partial charge in [-0.15, -0.1) is 0 Å². The van der Waals surface area contributed by atoms with Gasteiger partial charge in [0.05, 0.1) is 24.0 Å². The van der Waals surface area contributed by atoms with Crippen molar-refractivity contribution >= 4 is 17.4 Å². The second-order valence-electron chi connectivity index (χ2n) is 4.29. The lowest BCUT2D eigenvalue weighted by atomic mass is 10.2. The molecule has 100 valence electrons. The van der Waals surface area contributed by atoms with Crippen LogP contribution in [0, 0.1) is 0 Å². The van der Waals surface area contributed by atoms with Crippen LogP contribution < -0.4 is 0 Å². The summed E-state index contributed by atoms with van der Waals surface area (Å²) in [6.45, 7) is 1.35. The minimum Gasteiger partial charge on any atom is -0.308 e. The first-order chi connectivity index (χ1) is 9.09. The number of carbonyl (C=O) groups excluding carboxylic acids is 1. The van der Waals surface area contributed by atoms with Crippen molar-refractivity contribution in [2.75, 3.05) is 20.6 Å². The number of hydrogen-bond acceptors (Lipinski definition) is 5. The van der Waals surface area contributed by atoms with Crippen molar-refractivity contribution < 1.29 is 4.79 Å². The highest BCUT2D eigenvalue weighted by Crippen LogP contribution is 2.18. The standard InChI is InChI=1S/C12H14ClN5O/c1-17(2)5-6-18-11(9(13)7-16-18)12(19)10-8-14-3-4-15-10/h3-4,7-8H,5-6H2,1-2H3. The fourth-order valence-corrected chi connectivity index (χ4v) is 1.82. The second-order valence-corrected chi connectivity index (χ2v) is 4.69. The molecule has 2 heterocycles. The normalized spacial score (nSPS) is 10.9. The monoisotopic (exact) mass is 279 g/mol. The maximum atomic E-state index is 12.3. The first kappa shape index (κ1) is 13.6. The van der Waals surface area contributed by atoms with Gasteiger partial charge >= 0.3 is 0 Å². The Kier molecular flexibility index (Phi) is 4.24. The van der Waals surface area contributed by atoms with Crippen molar-refractivity contribution in [2.45, 2.75) is 6.54 Å². The molecule has 19 heavy (non-hydrogen) atoms. The smallest absolute Gasteiger partial charge is 0.232 e. The van der Waals surface area contributed by atoms with E-state index in [0.717, 1.165) is 6.54 Å². The predicted octanol–water partition coefficient (Wildman–Crippen LogP) is 1.12. The molecule has 2 aromatic heterocycles. The molecule has 0 N–H and O–H groups in total. The lowest BCUT2D eigenvalue weighted by Gasteiger charge is -2.11. The molecule has 0 saturated carbocycles. The molecular formula is C12H14ClN5O. The van der Waals surface area contributed by atoms with Crippen LogP contribution in [0.5, 0.6) is 0 Å². The number of hydrogen-bond donors (Lipinski definition) is 0. The molecule has 0 spiro atoms. The molecule has 0 aromatic carbocycles. The Labute approximate surface area is 116 Å². The van der Waals surface area contributed by atoms with Gasteiger partial charge in [0.2, 0.25) is 5.78 Å². The molecule has 0 aliphatic rings. The van der Waals surface area contributed by atoms with E-state index in [9.17, 15) is 4.79 Å². The van der Waals surface area contributed by atoms with E-state index in [1.165, 1.54) is 24.8 Å². The number of rotatable bonds is 5. The highest BCUT2D eigenvalue weighted by Gasteiger charge is 2.20. The minimum absolute atomic E-state index is 0.260. The zero-order valence-electron chi connectivity index (χ0n) is 10.7. The SMILES string of the molecule is CN(C)CCn1ncc(Cl)c1C(=O)c1cnccn1. The van der Waals surface area contributed by atoms with Gasteiger partial charge in [0, 0.05) is 18.9 Å². The van der Waals surface area contributed by atoms with Crippen LogP contribution in [0.1, 0.15) is 16.2 Å². The van der Waals surface area contributed by atoms with Crippen LogP contribution in [-0.4, -0.2) is 51.1 Å². The van der Waals surface area contributed by atoms with Crippen LogP contribution in [-0.2, 0) is 6.54 Å².